The van der Waals surface area contributed by atoms with Crippen molar-refractivity contribution in [2.45, 2.75) is 38.8 Å². The zero-order valence-electron chi connectivity index (χ0n) is 9.16. The Morgan fingerprint density at radius 3 is 3.00 bits per heavy atom. The number of thioether (sulfide) groups is 1. The van der Waals surface area contributed by atoms with Gasteiger partial charge in [-0.15, -0.1) is 0 Å². The van der Waals surface area contributed by atoms with Crippen LogP contribution < -0.4 is 5.32 Å². The Balaban J connectivity index is 1.76. The lowest BCUT2D eigenvalue weighted by molar-refractivity contribution is 0.404. The maximum atomic E-state index is 5.55. The molecule has 1 saturated heterocycles. The Kier molecular flexibility index (Phi) is 4.09. The third-order valence-electron chi connectivity index (χ3n) is 2.71. The van der Waals surface area contributed by atoms with Crippen molar-refractivity contribution in [2.75, 3.05) is 11.5 Å². The Labute approximate surface area is 95.0 Å². The lowest BCUT2D eigenvalue weighted by Crippen LogP contribution is -2.32. The number of rotatable bonds is 4. The highest BCUT2D eigenvalue weighted by Crippen LogP contribution is 2.17. The third-order valence-corrected chi connectivity index (χ3v) is 3.76. The summed E-state index contributed by atoms with van der Waals surface area (Å²) in [6, 6.07) is 0.656. The molecule has 1 aliphatic rings. The third kappa shape index (κ3) is 3.24. The highest BCUT2D eigenvalue weighted by Gasteiger charge is 2.13. The molecule has 2 heterocycles. The lowest BCUT2D eigenvalue weighted by atomic mass is 10.1. The van der Waals surface area contributed by atoms with E-state index >= 15 is 0 Å². The van der Waals surface area contributed by atoms with Crippen LogP contribution in [-0.4, -0.2) is 22.5 Å². The maximum Gasteiger partial charge on any atom is 0.208 e. The van der Waals surface area contributed by atoms with Crippen LogP contribution in [0.4, 0.5) is 0 Å². The number of nitrogens with zero attached hydrogens (tertiary/aromatic N) is 1. The molecule has 0 bridgehead atoms. The number of hydrogen-bond acceptors (Lipinski definition) is 4. The summed E-state index contributed by atoms with van der Waals surface area (Å²) in [7, 11) is 0. The lowest BCUT2D eigenvalue weighted by Gasteiger charge is -2.21. The fourth-order valence-electron chi connectivity index (χ4n) is 1.73. The number of aryl methyl sites for hydroxylation is 1. The van der Waals surface area contributed by atoms with Crippen molar-refractivity contribution in [3.63, 3.8) is 0 Å². The summed E-state index contributed by atoms with van der Waals surface area (Å²) < 4.78 is 5.55. The summed E-state index contributed by atoms with van der Waals surface area (Å²) in [6.45, 7) is 2.85. The summed E-state index contributed by atoms with van der Waals surface area (Å²) in [4.78, 5) is 4.24. The van der Waals surface area contributed by atoms with Crippen molar-refractivity contribution in [3.8, 4) is 0 Å². The topological polar surface area (TPSA) is 38.1 Å². The molecule has 15 heavy (non-hydrogen) atoms. The van der Waals surface area contributed by atoms with Crippen LogP contribution in [-0.2, 0) is 13.0 Å². The van der Waals surface area contributed by atoms with E-state index < -0.39 is 0 Å². The Hall–Kier alpha value is -0.480. The Morgan fingerprint density at radius 1 is 1.53 bits per heavy atom. The summed E-state index contributed by atoms with van der Waals surface area (Å²) in [6.07, 6.45) is 5.29. The van der Waals surface area contributed by atoms with E-state index in [-0.39, 0.29) is 0 Å². The van der Waals surface area contributed by atoms with Crippen molar-refractivity contribution < 1.29 is 4.42 Å². The summed E-state index contributed by atoms with van der Waals surface area (Å²) in [5, 5.41) is 3.51. The van der Waals surface area contributed by atoms with Gasteiger partial charge in [-0.05, 0) is 24.3 Å². The normalized spacial score (nSPS) is 18.2. The molecule has 3 nitrogen and oxygen atoms in total. The van der Waals surface area contributed by atoms with Crippen LogP contribution in [0.15, 0.2) is 10.6 Å². The van der Waals surface area contributed by atoms with E-state index in [0.717, 1.165) is 24.6 Å². The molecule has 1 N–H and O–H groups in total. The van der Waals surface area contributed by atoms with Gasteiger partial charge in [-0.1, -0.05) is 6.92 Å². The van der Waals surface area contributed by atoms with Gasteiger partial charge in [0, 0.05) is 12.5 Å². The number of nitrogens with one attached hydrogen (secondary N) is 1. The van der Waals surface area contributed by atoms with Crippen molar-refractivity contribution in [3.05, 3.63) is 17.8 Å². The molecule has 0 saturated carbocycles. The molecular formula is C11H18N2OS. The van der Waals surface area contributed by atoms with Crippen molar-refractivity contribution in [1.82, 2.24) is 10.3 Å². The van der Waals surface area contributed by atoms with E-state index in [2.05, 4.69) is 17.2 Å². The van der Waals surface area contributed by atoms with E-state index in [4.69, 9.17) is 4.42 Å². The van der Waals surface area contributed by atoms with Gasteiger partial charge in [-0.25, -0.2) is 4.98 Å². The van der Waals surface area contributed by atoms with Crippen molar-refractivity contribution >= 4 is 11.8 Å². The van der Waals surface area contributed by atoms with E-state index in [9.17, 15) is 0 Å². The predicted molar refractivity (Wildman–Crippen MR) is 63.1 cm³/mol. The first-order valence-electron chi connectivity index (χ1n) is 5.63. The zero-order chi connectivity index (χ0) is 10.5. The first-order chi connectivity index (χ1) is 7.38. The zero-order valence-corrected chi connectivity index (χ0v) is 9.98. The second-order valence-corrected chi connectivity index (χ2v) is 5.07. The first kappa shape index (κ1) is 11.0. The molecule has 1 aromatic heterocycles. The van der Waals surface area contributed by atoms with Crippen LogP contribution in [0.2, 0.25) is 0 Å². The second kappa shape index (κ2) is 5.56. The fraction of sp³-hybridized carbons (Fsp3) is 0.727. The maximum absolute atomic E-state index is 5.55. The molecule has 1 fully saturated rings. The highest BCUT2D eigenvalue weighted by molar-refractivity contribution is 7.99. The minimum absolute atomic E-state index is 0.656. The van der Waals surface area contributed by atoms with Gasteiger partial charge in [0.25, 0.3) is 0 Å². The number of hydrogen-bond donors (Lipinski definition) is 1. The molecule has 0 amide bonds. The largest absolute Gasteiger partial charge is 0.444 e. The molecule has 0 aliphatic carbocycles. The van der Waals surface area contributed by atoms with Crippen molar-refractivity contribution in [1.29, 1.82) is 0 Å². The molecular weight excluding hydrogens is 208 g/mol. The average molecular weight is 226 g/mol. The minimum atomic E-state index is 0.656. The van der Waals surface area contributed by atoms with Gasteiger partial charge < -0.3 is 9.73 Å². The molecule has 1 aromatic rings. The van der Waals surface area contributed by atoms with Gasteiger partial charge in [0.2, 0.25) is 5.89 Å². The molecule has 1 aliphatic heterocycles. The Bertz CT molecular complexity index is 295. The monoisotopic (exact) mass is 226 g/mol. The molecule has 4 heteroatoms. The first-order valence-corrected chi connectivity index (χ1v) is 6.78. The smallest absolute Gasteiger partial charge is 0.208 e. The Morgan fingerprint density at radius 2 is 2.33 bits per heavy atom. The van der Waals surface area contributed by atoms with Gasteiger partial charge in [0.15, 0.2) is 0 Å². The SMILES string of the molecule is CCc1cnc(CNC2CCSCC2)o1. The number of aromatic nitrogens is 1. The van der Waals surface area contributed by atoms with Crippen LogP contribution in [0.1, 0.15) is 31.4 Å². The van der Waals surface area contributed by atoms with Gasteiger partial charge in [0.05, 0.1) is 12.7 Å². The van der Waals surface area contributed by atoms with E-state index in [1.54, 1.807) is 0 Å². The van der Waals surface area contributed by atoms with E-state index in [0.29, 0.717) is 6.04 Å². The van der Waals surface area contributed by atoms with Gasteiger partial charge >= 0.3 is 0 Å². The van der Waals surface area contributed by atoms with Gasteiger partial charge in [-0.2, -0.15) is 11.8 Å². The summed E-state index contributed by atoms with van der Waals surface area (Å²) >= 11 is 2.05. The molecule has 2 rings (SSSR count). The van der Waals surface area contributed by atoms with E-state index in [1.807, 2.05) is 18.0 Å². The van der Waals surface area contributed by atoms with Gasteiger partial charge in [-0.3, -0.25) is 0 Å². The fourth-order valence-corrected chi connectivity index (χ4v) is 2.83. The van der Waals surface area contributed by atoms with E-state index in [1.165, 1.54) is 24.3 Å². The van der Waals surface area contributed by atoms with Crippen LogP contribution in [0.5, 0.6) is 0 Å². The summed E-state index contributed by atoms with van der Waals surface area (Å²) in [5.41, 5.74) is 0. The highest BCUT2D eigenvalue weighted by atomic mass is 32.2. The minimum Gasteiger partial charge on any atom is -0.444 e. The molecule has 0 radical (unpaired) electrons. The molecule has 0 unspecified atom stereocenters. The van der Waals surface area contributed by atoms with Crippen LogP contribution in [0, 0.1) is 0 Å². The predicted octanol–water partition coefficient (Wildman–Crippen LogP) is 2.22. The number of oxazole rings is 1. The molecule has 0 aromatic carbocycles. The average Bonchev–Trinajstić information content (AvgIpc) is 2.76. The quantitative estimate of drug-likeness (QED) is 0.854. The van der Waals surface area contributed by atoms with Crippen LogP contribution in [0.25, 0.3) is 0 Å². The molecule has 0 spiro atoms. The molecule has 0 atom stereocenters. The summed E-state index contributed by atoms with van der Waals surface area (Å²) in [5.74, 6) is 4.36. The standard InChI is InChI=1S/C11H18N2OS/c1-2-10-7-13-11(14-10)8-12-9-3-5-15-6-4-9/h7,9,12H,2-6,8H2,1H3. The molecule has 84 valence electrons. The second-order valence-electron chi connectivity index (χ2n) is 3.84. The van der Waals surface area contributed by atoms with Crippen molar-refractivity contribution in [2.24, 2.45) is 0 Å². The van der Waals surface area contributed by atoms with Crippen LogP contribution in [0.3, 0.4) is 0 Å². The van der Waals surface area contributed by atoms with Gasteiger partial charge in [0.1, 0.15) is 5.76 Å². The van der Waals surface area contributed by atoms with Crippen LogP contribution >= 0.6 is 11.8 Å².